The van der Waals surface area contributed by atoms with E-state index < -0.39 is 40.8 Å². The minimum Gasteiger partial charge on any atom is -0.464 e. The molecular formula is C18H26BrNO6. The highest BCUT2D eigenvalue weighted by atomic mass is 79.9. The molecule has 0 aromatic rings. The molecule has 0 unspecified atom stereocenters. The summed E-state index contributed by atoms with van der Waals surface area (Å²) in [4.78, 5) is 41.4. The lowest BCUT2D eigenvalue weighted by Crippen LogP contribution is -2.55. The summed E-state index contributed by atoms with van der Waals surface area (Å²) in [5.74, 6) is 1.49. The third-order valence-electron chi connectivity index (χ3n) is 3.34. The van der Waals surface area contributed by atoms with E-state index in [0.29, 0.717) is 4.90 Å². The molecular weight excluding hydrogens is 406 g/mol. The van der Waals surface area contributed by atoms with Crippen molar-refractivity contribution in [2.24, 2.45) is 5.92 Å². The van der Waals surface area contributed by atoms with E-state index in [1.165, 1.54) is 0 Å². The highest BCUT2D eigenvalue weighted by molar-refractivity contribution is 9.12. The Balaban J connectivity index is 3.35. The molecule has 146 valence electrons. The number of halogens is 1. The van der Waals surface area contributed by atoms with Crippen molar-refractivity contribution in [3.05, 3.63) is 0 Å². The lowest BCUT2D eigenvalue weighted by atomic mass is 10.1. The predicted molar refractivity (Wildman–Crippen MR) is 98.5 cm³/mol. The monoisotopic (exact) mass is 431 g/mol. The molecule has 0 radical (unpaired) electrons. The molecule has 1 saturated carbocycles. The molecule has 0 N–H and O–H groups in total. The van der Waals surface area contributed by atoms with Crippen LogP contribution in [0, 0.1) is 16.7 Å². The zero-order valence-electron chi connectivity index (χ0n) is 16.3. The van der Waals surface area contributed by atoms with Gasteiger partial charge in [-0.2, -0.15) is 4.90 Å². The zero-order chi connectivity index (χ0) is 20.3. The van der Waals surface area contributed by atoms with Crippen molar-refractivity contribution in [2.45, 2.75) is 71.6 Å². The van der Waals surface area contributed by atoms with Gasteiger partial charge < -0.3 is 14.2 Å². The molecule has 0 saturated heterocycles. The maximum absolute atomic E-state index is 12.8. The molecule has 1 aliphatic rings. The van der Waals surface area contributed by atoms with Crippen LogP contribution in [0.5, 0.6) is 0 Å². The molecule has 1 fully saturated rings. The number of imide groups is 1. The minimum atomic E-state index is -1.55. The summed E-state index contributed by atoms with van der Waals surface area (Å²) in [6.07, 6.45) is -1.79. The van der Waals surface area contributed by atoms with E-state index in [1.807, 2.05) is 0 Å². The lowest BCUT2D eigenvalue weighted by Gasteiger charge is -2.32. The van der Waals surface area contributed by atoms with Gasteiger partial charge in [-0.1, -0.05) is 5.92 Å². The van der Waals surface area contributed by atoms with Crippen LogP contribution in [0.4, 0.5) is 9.59 Å². The summed E-state index contributed by atoms with van der Waals surface area (Å²) in [6, 6.07) is 0. The number of ether oxygens (including phenoxy) is 3. The van der Waals surface area contributed by atoms with E-state index in [-0.39, 0.29) is 13.0 Å². The van der Waals surface area contributed by atoms with E-state index in [2.05, 4.69) is 26.7 Å². The number of hydrogen-bond donors (Lipinski definition) is 0. The Labute approximate surface area is 162 Å². The van der Waals surface area contributed by atoms with Crippen molar-refractivity contribution in [3.63, 3.8) is 0 Å². The highest BCUT2D eigenvalue weighted by Gasteiger charge is 2.69. The molecule has 26 heavy (non-hydrogen) atoms. The zero-order valence-corrected chi connectivity index (χ0v) is 17.9. The Morgan fingerprint density at radius 1 is 1.08 bits per heavy atom. The summed E-state index contributed by atoms with van der Waals surface area (Å²) in [5, 5.41) is 0. The maximum Gasteiger partial charge on any atom is 0.420 e. The maximum atomic E-state index is 12.8. The molecule has 1 aliphatic carbocycles. The molecule has 1 rings (SSSR count). The molecule has 2 atom stereocenters. The highest BCUT2D eigenvalue weighted by Crippen LogP contribution is 2.50. The summed E-state index contributed by atoms with van der Waals surface area (Å²) in [6.45, 7) is 11.7. The van der Waals surface area contributed by atoms with E-state index in [9.17, 15) is 14.4 Å². The standard InChI is InChI=1S/C18H26BrNO6/c1-8-24-13(21)18(11-12(18)9-10-19)20(14(22)25-16(2,3)4)15(23)26-17(5,6)7/h12H,8,11H2,1-7H3/t12-,18-/m0/s1. The normalized spacial score (nSPS) is 21.8. The first-order chi connectivity index (χ1) is 11.8. The van der Waals surface area contributed by atoms with Crippen LogP contribution < -0.4 is 0 Å². The number of amides is 2. The Morgan fingerprint density at radius 2 is 1.54 bits per heavy atom. The summed E-state index contributed by atoms with van der Waals surface area (Å²) in [5.41, 5.74) is -3.28. The molecule has 8 heteroatoms. The summed E-state index contributed by atoms with van der Waals surface area (Å²) >= 11 is 2.99. The first kappa shape index (κ1) is 22.3. The second-order valence-corrected chi connectivity index (χ2v) is 8.33. The molecule has 0 heterocycles. The van der Waals surface area contributed by atoms with E-state index in [1.54, 1.807) is 48.5 Å². The van der Waals surface area contributed by atoms with Crippen LogP contribution in [0.25, 0.3) is 0 Å². The van der Waals surface area contributed by atoms with Crippen LogP contribution in [-0.4, -0.2) is 46.4 Å². The predicted octanol–water partition coefficient (Wildman–Crippen LogP) is 3.84. The average Bonchev–Trinajstić information content (AvgIpc) is 3.10. The van der Waals surface area contributed by atoms with Gasteiger partial charge in [-0.15, -0.1) is 0 Å². The number of carbonyl (C=O) groups excluding carboxylic acids is 3. The SMILES string of the molecule is CCOC(=O)[C@]1(N(C(=O)OC(C)(C)C)C(=O)OC(C)(C)C)C[C@@H]1C#CBr. The quantitative estimate of drug-likeness (QED) is 0.383. The largest absolute Gasteiger partial charge is 0.464 e. The van der Waals surface area contributed by atoms with Gasteiger partial charge in [-0.25, -0.2) is 14.4 Å². The molecule has 0 spiro atoms. The molecule has 0 aliphatic heterocycles. The van der Waals surface area contributed by atoms with Gasteiger partial charge in [-0.3, -0.25) is 0 Å². The van der Waals surface area contributed by atoms with Gasteiger partial charge in [0.2, 0.25) is 0 Å². The second kappa shape index (κ2) is 7.87. The Hall–Kier alpha value is -1.75. The van der Waals surface area contributed by atoms with Gasteiger partial charge in [0.15, 0.2) is 5.54 Å². The Bertz CT molecular complexity index is 609. The molecule has 0 bridgehead atoms. The first-order valence-corrected chi connectivity index (χ1v) is 9.12. The molecule has 7 nitrogen and oxygen atoms in total. The molecule has 0 aromatic carbocycles. The first-order valence-electron chi connectivity index (χ1n) is 8.33. The van der Waals surface area contributed by atoms with Crippen molar-refractivity contribution in [1.29, 1.82) is 0 Å². The van der Waals surface area contributed by atoms with Crippen LogP contribution in [0.1, 0.15) is 54.9 Å². The number of rotatable bonds is 3. The van der Waals surface area contributed by atoms with Crippen LogP contribution >= 0.6 is 15.9 Å². The molecule has 0 aromatic heterocycles. The topological polar surface area (TPSA) is 82.1 Å². The van der Waals surface area contributed by atoms with E-state index >= 15 is 0 Å². The van der Waals surface area contributed by atoms with E-state index in [0.717, 1.165) is 0 Å². The van der Waals surface area contributed by atoms with Crippen molar-refractivity contribution >= 4 is 34.1 Å². The third kappa shape index (κ3) is 5.37. The van der Waals surface area contributed by atoms with Gasteiger partial charge in [0, 0.05) is 22.4 Å². The van der Waals surface area contributed by atoms with Crippen molar-refractivity contribution in [1.82, 2.24) is 4.90 Å². The van der Waals surface area contributed by atoms with Crippen LogP contribution in [0.15, 0.2) is 0 Å². The Kier molecular flexibility index (Phi) is 6.74. The van der Waals surface area contributed by atoms with Gasteiger partial charge in [-0.05, 0) is 53.3 Å². The van der Waals surface area contributed by atoms with Gasteiger partial charge >= 0.3 is 18.2 Å². The van der Waals surface area contributed by atoms with Crippen LogP contribution in [0.2, 0.25) is 0 Å². The smallest absolute Gasteiger partial charge is 0.420 e. The van der Waals surface area contributed by atoms with Crippen LogP contribution in [-0.2, 0) is 19.0 Å². The van der Waals surface area contributed by atoms with Gasteiger partial charge in [0.25, 0.3) is 0 Å². The number of nitrogens with zero attached hydrogens (tertiary/aromatic N) is 1. The third-order valence-corrected chi connectivity index (χ3v) is 3.57. The van der Waals surface area contributed by atoms with Gasteiger partial charge in [0.05, 0.1) is 12.5 Å². The van der Waals surface area contributed by atoms with Crippen molar-refractivity contribution < 1.29 is 28.6 Å². The second-order valence-electron chi connectivity index (χ2n) is 7.94. The fourth-order valence-corrected chi connectivity index (χ4v) is 2.60. The summed E-state index contributed by atoms with van der Waals surface area (Å²) < 4.78 is 15.8. The number of hydrogen-bond acceptors (Lipinski definition) is 6. The van der Waals surface area contributed by atoms with Crippen LogP contribution in [0.3, 0.4) is 0 Å². The van der Waals surface area contributed by atoms with Crippen molar-refractivity contribution in [3.8, 4) is 10.8 Å². The lowest BCUT2D eigenvalue weighted by molar-refractivity contribution is -0.151. The fourth-order valence-electron chi connectivity index (χ4n) is 2.32. The number of esters is 1. The number of carbonyl (C=O) groups is 3. The van der Waals surface area contributed by atoms with E-state index in [4.69, 9.17) is 14.2 Å². The minimum absolute atomic E-state index is 0.103. The fraction of sp³-hybridized carbons (Fsp3) is 0.722. The van der Waals surface area contributed by atoms with Crippen molar-refractivity contribution in [2.75, 3.05) is 6.61 Å². The average molecular weight is 432 g/mol. The van der Waals surface area contributed by atoms with Gasteiger partial charge in [0.1, 0.15) is 11.2 Å². The Morgan fingerprint density at radius 3 is 1.88 bits per heavy atom. The summed E-state index contributed by atoms with van der Waals surface area (Å²) in [7, 11) is 0. The molecule has 2 amide bonds.